The van der Waals surface area contributed by atoms with Crippen molar-refractivity contribution in [3.8, 4) is 5.75 Å². The van der Waals surface area contributed by atoms with Gasteiger partial charge < -0.3 is 38.1 Å². The van der Waals surface area contributed by atoms with Gasteiger partial charge in [-0.1, -0.05) is 54.6 Å². The molecule has 0 spiro atoms. The lowest BCUT2D eigenvalue weighted by molar-refractivity contribution is -0.890. The fraction of sp³-hybridized carbons (Fsp3) is 0.303. The Labute approximate surface area is 267 Å². The van der Waals surface area contributed by atoms with Crippen molar-refractivity contribution in [1.82, 2.24) is 4.72 Å². The van der Waals surface area contributed by atoms with E-state index in [2.05, 4.69) is 18.8 Å². The number of nitrogens with one attached hydrogen (secondary N) is 1. The van der Waals surface area contributed by atoms with Crippen LogP contribution in [0, 0.1) is 0 Å². The molecular formula is C33H40IN3O4S. The van der Waals surface area contributed by atoms with Crippen LogP contribution in [0.25, 0.3) is 10.8 Å². The predicted molar refractivity (Wildman–Crippen MR) is 166 cm³/mol. The van der Waals surface area contributed by atoms with E-state index in [4.69, 9.17) is 4.74 Å². The number of fused-ring (bicyclic) bond motifs is 1. The molecule has 0 atom stereocenters. The molecule has 0 fully saturated rings. The number of hydrogen-bond acceptors (Lipinski definition) is 5. The van der Waals surface area contributed by atoms with Crippen LogP contribution in [0.15, 0.2) is 95.9 Å². The molecule has 0 saturated carbocycles. The van der Waals surface area contributed by atoms with Crippen LogP contribution in [0.5, 0.6) is 5.75 Å². The van der Waals surface area contributed by atoms with Gasteiger partial charge in [0.05, 0.1) is 38.7 Å². The lowest BCUT2D eigenvalue weighted by Crippen LogP contribution is -3.00. The molecule has 0 radical (unpaired) electrons. The molecule has 7 nitrogen and oxygen atoms in total. The summed E-state index contributed by atoms with van der Waals surface area (Å²) >= 11 is 0. The maximum absolute atomic E-state index is 13.2. The largest absolute Gasteiger partial charge is 1.00 e. The van der Waals surface area contributed by atoms with Crippen molar-refractivity contribution in [3.05, 3.63) is 102 Å². The van der Waals surface area contributed by atoms with E-state index in [0.717, 1.165) is 52.6 Å². The quantitative estimate of drug-likeness (QED) is 0.0947. The summed E-state index contributed by atoms with van der Waals surface area (Å²) in [7, 11) is 4.55. The van der Waals surface area contributed by atoms with E-state index in [0.29, 0.717) is 29.2 Å². The highest BCUT2D eigenvalue weighted by Crippen LogP contribution is 2.30. The van der Waals surface area contributed by atoms with Crippen LogP contribution in [0.4, 0.5) is 5.69 Å². The Morgan fingerprint density at radius 1 is 0.786 bits per heavy atom. The number of carbonyl (C=O) groups is 1. The summed E-state index contributed by atoms with van der Waals surface area (Å²) in [6, 6.07) is 27.6. The first-order valence-corrected chi connectivity index (χ1v) is 15.4. The van der Waals surface area contributed by atoms with Gasteiger partial charge in [0, 0.05) is 61.1 Å². The summed E-state index contributed by atoms with van der Waals surface area (Å²) in [5, 5.41) is 1.64. The number of ketones is 1. The van der Waals surface area contributed by atoms with Crippen LogP contribution in [0.1, 0.15) is 28.8 Å². The highest BCUT2D eigenvalue weighted by atomic mass is 127. The Morgan fingerprint density at radius 3 is 2.10 bits per heavy atom. The number of anilines is 1. The van der Waals surface area contributed by atoms with Crippen LogP contribution in [0.2, 0.25) is 0 Å². The predicted octanol–water partition coefficient (Wildman–Crippen LogP) is 2.35. The van der Waals surface area contributed by atoms with Gasteiger partial charge >= 0.3 is 0 Å². The number of carbonyl (C=O) groups excluding carboxylic acids is 1. The number of quaternary nitrogens is 1. The fourth-order valence-electron chi connectivity index (χ4n) is 4.93. The van der Waals surface area contributed by atoms with E-state index in [1.54, 1.807) is 24.3 Å². The van der Waals surface area contributed by atoms with E-state index in [1.165, 1.54) is 0 Å². The summed E-state index contributed by atoms with van der Waals surface area (Å²) in [5.74, 6) is 0.731. The van der Waals surface area contributed by atoms with Crippen molar-refractivity contribution in [3.63, 3.8) is 0 Å². The molecule has 4 aromatic carbocycles. The van der Waals surface area contributed by atoms with Crippen molar-refractivity contribution in [1.29, 1.82) is 0 Å². The van der Waals surface area contributed by atoms with Gasteiger partial charge in [-0.15, -0.1) is 0 Å². The standard InChI is InChI=1S/C33H40N3O4S.HI/c1-35(2)31-16-8-15-30-29(31)14-9-17-32(30)41(38,39)34-22-10-23-36(3,4)24-11-25-40-28-20-18-27(19-21-28)33(37)26-12-6-5-7-13-26;/h5-9,12-21,34H,10-11,22-25H2,1-4H3;1H/q+1;/p-1. The van der Waals surface area contributed by atoms with Crippen LogP contribution in [-0.2, 0) is 10.0 Å². The zero-order chi connectivity index (χ0) is 29.5. The molecule has 0 aromatic heterocycles. The zero-order valence-electron chi connectivity index (χ0n) is 24.7. The fourth-order valence-corrected chi connectivity index (χ4v) is 6.23. The number of sulfonamides is 1. The average molecular weight is 702 g/mol. The van der Waals surface area contributed by atoms with Gasteiger partial charge in [0.15, 0.2) is 5.78 Å². The van der Waals surface area contributed by atoms with E-state index in [1.807, 2.05) is 85.7 Å². The van der Waals surface area contributed by atoms with Gasteiger partial charge in [0.2, 0.25) is 10.0 Å². The summed E-state index contributed by atoms with van der Waals surface area (Å²) in [4.78, 5) is 14.9. The third-order valence-electron chi connectivity index (χ3n) is 7.19. The number of halogens is 1. The second-order valence-electron chi connectivity index (χ2n) is 11.1. The van der Waals surface area contributed by atoms with E-state index in [-0.39, 0.29) is 29.8 Å². The topological polar surface area (TPSA) is 75.7 Å². The van der Waals surface area contributed by atoms with E-state index < -0.39 is 10.0 Å². The molecular weight excluding hydrogens is 661 g/mol. The highest BCUT2D eigenvalue weighted by molar-refractivity contribution is 7.89. The van der Waals surface area contributed by atoms with Gasteiger partial charge in [0.25, 0.3) is 0 Å². The molecule has 0 aliphatic heterocycles. The Hall–Kier alpha value is -2.99. The Balaban J connectivity index is 0.00000484. The van der Waals surface area contributed by atoms with Crippen molar-refractivity contribution in [2.24, 2.45) is 0 Å². The molecule has 0 aliphatic carbocycles. The zero-order valence-corrected chi connectivity index (χ0v) is 27.7. The average Bonchev–Trinajstić information content (AvgIpc) is 2.97. The third kappa shape index (κ3) is 8.76. The first-order valence-electron chi connectivity index (χ1n) is 13.9. The minimum absolute atomic E-state index is 0. The number of rotatable bonds is 14. The van der Waals surface area contributed by atoms with Crippen LogP contribution in [-0.4, -0.2) is 73.1 Å². The second kappa shape index (κ2) is 15.0. The van der Waals surface area contributed by atoms with Gasteiger partial charge in [0.1, 0.15) is 5.75 Å². The van der Waals surface area contributed by atoms with Crippen LogP contribution >= 0.6 is 0 Å². The van der Waals surface area contributed by atoms with Gasteiger partial charge in [-0.25, -0.2) is 13.1 Å². The number of hydrogen-bond donors (Lipinski definition) is 1. The lowest BCUT2D eigenvalue weighted by Gasteiger charge is -2.30. The number of ether oxygens (including phenoxy) is 1. The summed E-state index contributed by atoms with van der Waals surface area (Å²) in [5.41, 5.74) is 2.29. The van der Waals surface area contributed by atoms with Gasteiger partial charge in [-0.2, -0.15) is 0 Å². The minimum atomic E-state index is -3.64. The summed E-state index contributed by atoms with van der Waals surface area (Å²) in [6.45, 7) is 2.67. The van der Waals surface area contributed by atoms with Crippen molar-refractivity contribution < 1.29 is 46.4 Å². The van der Waals surface area contributed by atoms with Crippen molar-refractivity contribution in [2.45, 2.75) is 17.7 Å². The normalized spacial score (nSPS) is 11.6. The van der Waals surface area contributed by atoms with Crippen LogP contribution in [0.3, 0.4) is 0 Å². The minimum Gasteiger partial charge on any atom is -1.00 e. The van der Waals surface area contributed by atoms with E-state index in [9.17, 15) is 13.2 Å². The molecule has 0 bridgehead atoms. The molecule has 0 unspecified atom stereocenters. The summed E-state index contributed by atoms with van der Waals surface area (Å²) in [6.07, 6.45) is 1.57. The Bertz CT molecular complexity index is 1570. The molecule has 0 heterocycles. The molecule has 4 rings (SSSR count). The monoisotopic (exact) mass is 701 g/mol. The third-order valence-corrected chi connectivity index (χ3v) is 8.71. The molecule has 1 N–H and O–H groups in total. The van der Waals surface area contributed by atoms with Gasteiger partial charge in [-0.05, 0) is 36.4 Å². The second-order valence-corrected chi connectivity index (χ2v) is 12.8. The summed E-state index contributed by atoms with van der Waals surface area (Å²) < 4.78 is 35.8. The van der Waals surface area contributed by atoms with Gasteiger partial charge in [-0.3, -0.25) is 4.79 Å². The first kappa shape index (κ1) is 33.5. The van der Waals surface area contributed by atoms with Crippen LogP contribution < -0.4 is 38.3 Å². The molecule has 0 amide bonds. The van der Waals surface area contributed by atoms with Crippen molar-refractivity contribution >= 4 is 32.3 Å². The number of benzene rings is 4. The number of nitrogens with zero attached hydrogens (tertiary/aromatic N) is 2. The maximum Gasteiger partial charge on any atom is 0.241 e. The highest BCUT2D eigenvalue weighted by Gasteiger charge is 2.20. The molecule has 0 saturated heterocycles. The lowest BCUT2D eigenvalue weighted by atomic mass is 10.0. The Kier molecular flexibility index (Phi) is 11.9. The van der Waals surface area contributed by atoms with Crippen molar-refractivity contribution in [2.75, 3.05) is 59.3 Å². The molecule has 0 aliphatic rings. The smallest absolute Gasteiger partial charge is 0.241 e. The molecule has 9 heteroatoms. The molecule has 4 aromatic rings. The molecule has 42 heavy (non-hydrogen) atoms. The molecule has 224 valence electrons. The van der Waals surface area contributed by atoms with E-state index >= 15 is 0 Å². The Morgan fingerprint density at radius 2 is 1.40 bits per heavy atom. The maximum atomic E-state index is 13.2. The SMILES string of the molecule is CN(C)c1cccc2c(S(=O)(=O)NCCC[N+](C)(C)CCCOc3ccc(C(=O)c4ccccc4)cc3)cccc12.[I-]. The first-order chi connectivity index (χ1) is 19.6.